The summed E-state index contributed by atoms with van der Waals surface area (Å²) in [7, 11) is 0. The van der Waals surface area contributed by atoms with Gasteiger partial charge in [0.1, 0.15) is 11.6 Å². The van der Waals surface area contributed by atoms with Crippen LogP contribution in [0, 0.1) is 11.6 Å². The topological polar surface area (TPSA) is 66.9 Å². The highest BCUT2D eigenvalue weighted by molar-refractivity contribution is 5.89. The SMILES string of the molecule is O=C(NCC(c1ccc(C(F)(F)F)c(F)c1)c1ncccc1F)Nc1cccnc1. The van der Waals surface area contributed by atoms with Crippen LogP contribution in [-0.4, -0.2) is 22.5 Å². The van der Waals surface area contributed by atoms with Crippen molar-refractivity contribution in [2.24, 2.45) is 0 Å². The van der Waals surface area contributed by atoms with E-state index in [1.807, 2.05) is 0 Å². The highest BCUT2D eigenvalue weighted by Crippen LogP contribution is 2.34. The average molecular weight is 422 g/mol. The van der Waals surface area contributed by atoms with Crippen LogP contribution in [-0.2, 0) is 6.18 Å². The first-order valence-electron chi connectivity index (χ1n) is 8.67. The van der Waals surface area contributed by atoms with Crippen LogP contribution >= 0.6 is 0 Å². The number of alkyl halides is 3. The fraction of sp³-hybridized carbons (Fsp3) is 0.150. The summed E-state index contributed by atoms with van der Waals surface area (Å²) in [6, 6.07) is 7.27. The number of carbonyl (C=O) groups excluding carboxylic acids is 1. The van der Waals surface area contributed by atoms with Gasteiger partial charge in [-0.15, -0.1) is 0 Å². The molecule has 0 radical (unpaired) electrons. The van der Waals surface area contributed by atoms with Crippen molar-refractivity contribution in [3.8, 4) is 0 Å². The number of nitrogens with one attached hydrogen (secondary N) is 2. The van der Waals surface area contributed by atoms with Crippen LogP contribution in [0.2, 0.25) is 0 Å². The van der Waals surface area contributed by atoms with Crippen molar-refractivity contribution in [3.05, 3.63) is 89.5 Å². The second kappa shape index (κ2) is 8.85. The van der Waals surface area contributed by atoms with Gasteiger partial charge in [0.05, 0.1) is 23.1 Å². The number of rotatable bonds is 5. The molecule has 0 fully saturated rings. The Morgan fingerprint density at radius 1 is 1.03 bits per heavy atom. The monoisotopic (exact) mass is 422 g/mol. The zero-order valence-electron chi connectivity index (χ0n) is 15.3. The number of urea groups is 1. The van der Waals surface area contributed by atoms with Crippen LogP contribution in [0.3, 0.4) is 0 Å². The van der Waals surface area contributed by atoms with E-state index >= 15 is 0 Å². The molecule has 2 N–H and O–H groups in total. The van der Waals surface area contributed by atoms with Crippen LogP contribution in [0.5, 0.6) is 0 Å². The Kier molecular flexibility index (Phi) is 6.24. The van der Waals surface area contributed by atoms with E-state index in [0.717, 1.165) is 12.1 Å². The lowest BCUT2D eigenvalue weighted by Gasteiger charge is -2.19. The lowest BCUT2D eigenvalue weighted by molar-refractivity contribution is -0.140. The summed E-state index contributed by atoms with van der Waals surface area (Å²) in [5.74, 6) is -3.26. The van der Waals surface area contributed by atoms with E-state index in [2.05, 4.69) is 20.6 Å². The molecular formula is C20H15F5N4O. The van der Waals surface area contributed by atoms with Crippen molar-refractivity contribution < 1.29 is 26.7 Å². The van der Waals surface area contributed by atoms with Crippen LogP contribution in [0.4, 0.5) is 32.4 Å². The van der Waals surface area contributed by atoms with Gasteiger partial charge in [-0.1, -0.05) is 6.07 Å². The number of anilines is 1. The third-order valence-corrected chi connectivity index (χ3v) is 4.20. The van der Waals surface area contributed by atoms with Gasteiger partial charge in [-0.3, -0.25) is 9.97 Å². The van der Waals surface area contributed by atoms with E-state index in [9.17, 15) is 26.7 Å². The largest absolute Gasteiger partial charge is 0.419 e. The Morgan fingerprint density at radius 2 is 1.80 bits per heavy atom. The maximum Gasteiger partial charge on any atom is 0.419 e. The van der Waals surface area contributed by atoms with Gasteiger partial charge in [0.25, 0.3) is 0 Å². The molecule has 0 spiro atoms. The van der Waals surface area contributed by atoms with Gasteiger partial charge in [0.2, 0.25) is 0 Å². The molecule has 10 heteroatoms. The second-order valence-electron chi connectivity index (χ2n) is 6.24. The van der Waals surface area contributed by atoms with Crippen molar-refractivity contribution in [1.82, 2.24) is 15.3 Å². The molecule has 0 aliphatic rings. The molecule has 1 unspecified atom stereocenters. The molecule has 2 heterocycles. The highest BCUT2D eigenvalue weighted by Gasteiger charge is 2.34. The van der Waals surface area contributed by atoms with Gasteiger partial charge < -0.3 is 10.6 Å². The van der Waals surface area contributed by atoms with Gasteiger partial charge in [-0.05, 0) is 42.0 Å². The third kappa shape index (κ3) is 5.07. The minimum Gasteiger partial charge on any atom is -0.337 e. The zero-order chi connectivity index (χ0) is 21.7. The van der Waals surface area contributed by atoms with Crippen molar-refractivity contribution in [3.63, 3.8) is 0 Å². The van der Waals surface area contributed by atoms with Crippen LogP contribution in [0.25, 0.3) is 0 Å². The summed E-state index contributed by atoms with van der Waals surface area (Å²) in [5, 5.41) is 5.00. The number of halogens is 5. The maximum absolute atomic E-state index is 14.3. The predicted molar refractivity (Wildman–Crippen MR) is 98.7 cm³/mol. The van der Waals surface area contributed by atoms with Crippen molar-refractivity contribution in [2.45, 2.75) is 12.1 Å². The maximum atomic E-state index is 14.3. The molecule has 0 saturated carbocycles. The second-order valence-corrected chi connectivity index (χ2v) is 6.24. The summed E-state index contributed by atoms with van der Waals surface area (Å²) >= 11 is 0. The molecule has 156 valence electrons. The van der Waals surface area contributed by atoms with E-state index in [-0.39, 0.29) is 17.8 Å². The number of hydrogen-bond acceptors (Lipinski definition) is 3. The third-order valence-electron chi connectivity index (χ3n) is 4.20. The minimum atomic E-state index is -4.86. The lowest BCUT2D eigenvalue weighted by atomic mass is 9.93. The quantitative estimate of drug-likeness (QED) is 0.585. The first-order valence-corrected chi connectivity index (χ1v) is 8.67. The minimum absolute atomic E-state index is 0.0276. The summed E-state index contributed by atoms with van der Waals surface area (Å²) in [4.78, 5) is 19.9. The summed E-state index contributed by atoms with van der Waals surface area (Å²) < 4.78 is 66.9. The first-order chi connectivity index (χ1) is 14.3. The number of carbonyl (C=O) groups is 1. The Bertz CT molecular complexity index is 1030. The van der Waals surface area contributed by atoms with E-state index in [1.54, 1.807) is 12.1 Å². The molecular weight excluding hydrogens is 407 g/mol. The van der Waals surface area contributed by atoms with E-state index < -0.39 is 35.3 Å². The molecule has 1 aromatic carbocycles. The molecule has 0 aliphatic carbocycles. The smallest absolute Gasteiger partial charge is 0.337 e. The molecule has 3 rings (SSSR count). The lowest BCUT2D eigenvalue weighted by Crippen LogP contribution is -2.33. The van der Waals surface area contributed by atoms with E-state index in [0.29, 0.717) is 17.8 Å². The summed E-state index contributed by atoms with van der Waals surface area (Å²) in [6.45, 7) is -0.245. The van der Waals surface area contributed by atoms with Gasteiger partial charge in [0, 0.05) is 24.9 Å². The first kappa shape index (κ1) is 21.2. The normalized spacial score (nSPS) is 12.3. The zero-order valence-corrected chi connectivity index (χ0v) is 15.3. The fourth-order valence-electron chi connectivity index (χ4n) is 2.81. The molecule has 0 bridgehead atoms. The molecule has 2 aromatic heterocycles. The Hall–Kier alpha value is -3.56. The number of pyridine rings is 2. The molecule has 5 nitrogen and oxygen atoms in total. The molecule has 30 heavy (non-hydrogen) atoms. The predicted octanol–water partition coefficient (Wildman–Crippen LogP) is 4.73. The van der Waals surface area contributed by atoms with Gasteiger partial charge >= 0.3 is 12.2 Å². The van der Waals surface area contributed by atoms with Crippen LogP contribution < -0.4 is 10.6 Å². The number of aromatic nitrogens is 2. The Labute approximate surface area is 168 Å². The number of benzene rings is 1. The van der Waals surface area contributed by atoms with Gasteiger partial charge in [-0.2, -0.15) is 13.2 Å². The van der Waals surface area contributed by atoms with Crippen LogP contribution in [0.1, 0.15) is 22.7 Å². The van der Waals surface area contributed by atoms with Crippen molar-refractivity contribution in [2.75, 3.05) is 11.9 Å². The summed E-state index contributed by atoms with van der Waals surface area (Å²) in [6.07, 6.45) is -0.652. The van der Waals surface area contributed by atoms with Gasteiger partial charge in [0.15, 0.2) is 0 Å². The van der Waals surface area contributed by atoms with Crippen molar-refractivity contribution in [1.29, 1.82) is 0 Å². The summed E-state index contributed by atoms with van der Waals surface area (Å²) in [5.41, 5.74) is -1.15. The number of hydrogen-bond donors (Lipinski definition) is 2. The molecule has 0 aliphatic heterocycles. The number of amides is 2. The van der Waals surface area contributed by atoms with E-state index in [1.165, 1.54) is 24.7 Å². The fourth-order valence-corrected chi connectivity index (χ4v) is 2.81. The van der Waals surface area contributed by atoms with Crippen LogP contribution in [0.15, 0.2) is 61.1 Å². The molecule has 1 atom stereocenters. The van der Waals surface area contributed by atoms with Gasteiger partial charge in [-0.25, -0.2) is 13.6 Å². The molecule has 3 aromatic rings. The van der Waals surface area contributed by atoms with E-state index in [4.69, 9.17) is 0 Å². The average Bonchev–Trinajstić information content (AvgIpc) is 2.69. The Morgan fingerprint density at radius 3 is 2.43 bits per heavy atom. The molecule has 0 saturated heterocycles. The number of nitrogens with zero attached hydrogens (tertiary/aromatic N) is 2. The standard InChI is InChI=1S/C20H15F5N4O/c21-16-4-2-8-27-18(16)14(11-28-19(30)29-13-3-1-7-26-10-13)12-5-6-15(17(22)9-12)20(23,24)25/h1-10,14H,11H2,(H2,28,29,30). The highest BCUT2D eigenvalue weighted by atomic mass is 19.4. The Balaban J connectivity index is 1.86. The van der Waals surface area contributed by atoms with Crippen molar-refractivity contribution >= 4 is 11.7 Å². The molecule has 2 amide bonds.